The number of sulfonamides is 1. The molecular formula is C19H22Cl2N2O2S. The first-order chi connectivity index (χ1) is 12.2. The summed E-state index contributed by atoms with van der Waals surface area (Å²) in [5.74, 6) is 0. The fourth-order valence-corrected chi connectivity index (χ4v) is 5.18. The van der Waals surface area contributed by atoms with E-state index in [9.17, 15) is 8.42 Å². The first kappa shape index (κ1) is 19.3. The van der Waals surface area contributed by atoms with Gasteiger partial charge in [0.2, 0.25) is 0 Å². The second-order valence-electron chi connectivity index (χ2n) is 6.73. The van der Waals surface area contributed by atoms with Crippen LogP contribution in [0.2, 0.25) is 10.0 Å². The van der Waals surface area contributed by atoms with Crippen molar-refractivity contribution >= 4 is 44.6 Å². The maximum absolute atomic E-state index is 12.9. The molecule has 4 nitrogen and oxygen atoms in total. The number of nitrogens with zero attached hydrogens (tertiary/aromatic N) is 1. The van der Waals surface area contributed by atoms with E-state index in [1.807, 2.05) is 19.9 Å². The fourth-order valence-electron chi connectivity index (χ4n) is 3.60. The van der Waals surface area contributed by atoms with Crippen LogP contribution in [0.3, 0.4) is 0 Å². The Labute approximate surface area is 165 Å². The molecule has 0 amide bonds. The van der Waals surface area contributed by atoms with Crippen LogP contribution in [0.25, 0.3) is 0 Å². The molecule has 0 unspecified atom stereocenters. The molecule has 0 saturated carbocycles. The van der Waals surface area contributed by atoms with Gasteiger partial charge in [-0.15, -0.1) is 0 Å². The zero-order valence-electron chi connectivity index (χ0n) is 15.1. The summed E-state index contributed by atoms with van der Waals surface area (Å²) in [7, 11) is -3.76. The van der Waals surface area contributed by atoms with Crippen molar-refractivity contribution in [2.24, 2.45) is 0 Å². The van der Waals surface area contributed by atoms with Crippen LogP contribution in [0.1, 0.15) is 29.5 Å². The van der Waals surface area contributed by atoms with Crippen molar-refractivity contribution in [2.75, 3.05) is 22.7 Å². The van der Waals surface area contributed by atoms with E-state index in [1.54, 1.807) is 0 Å². The predicted molar refractivity (Wildman–Crippen MR) is 109 cm³/mol. The van der Waals surface area contributed by atoms with E-state index < -0.39 is 10.0 Å². The van der Waals surface area contributed by atoms with Gasteiger partial charge in [0.25, 0.3) is 10.0 Å². The van der Waals surface area contributed by atoms with Gasteiger partial charge in [0.1, 0.15) is 0 Å². The van der Waals surface area contributed by atoms with Gasteiger partial charge in [-0.1, -0.05) is 29.3 Å². The summed E-state index contributed by atoms with van der Waals surface area (Å²) in [6.45, 7) is 7.97. The van der Waals surface area contributed by atoms with Crippen molar-refractivity contribution in [2.45, 2.75) is 38.5 Å². The zero-order valence-corrected chi connectivity index (χ0v) is 17.4. The number of anilines is 2. The highest BCUT2D eigenvalue weighted by Crippen LogP contribution is 2.36. The van der Waals surface area contributed by atoms with Gasteiger partial charge in [0.05, 0.1) is 20.6 Å². The molecule has 2 aromatic rings. The summed E-state index contributed by atoms with van der Waals surface area (Å²) in [4.78, 5) is 2.43. The van der Waals surface area contributed by atoms with Crippen LogP contribution in [-0.2, 0) is 10.0 Å². The van der Waals surface area contributed by atoms with Gasteiger partial charge in [-0.2, -0.15) is 0 Å². The fraction of sp³-hybridized carbons (Fsp3) is 0.368. The lowest BCUT2D eigenvalue weighted by Crippen LogP contribution is -2.22. The van der Waals surface area contributed by atoms with Crippen molar-refractivity contribution in [3.05, 3.63) is 51.0 Å². The Morgan fingerprint density at radius 1 is 0.962 bits per heavy atom. The minimum Gasteiger partial charge on any atom is -0.371 e. The molecule has 1 aliphatic rings. The first-order valence-electron chi connectivity index (χ1n) is 8.54. The lowest BCUT2D eigenvalue weighted by atomic mass is 10.0. The van der Waals surface area contributed by atoms with Gasteiger partial charge in [-0.25, -0.2) is 8.42 Å². The number of hydrogen-bond donors (Lipinski definition) is 1. The lowest BCUT2D eigenvalue weighted by Gasteiger charge is -2.26. The quantitative estimate of drug-likeness (QED) is 0.738. The second kappa shape index (κ2) is 7.29. The number of aryl methyl sites for hydroxylation is 2. The molecule has 7 heteroatoms. The number of nitrogens with one attached hydrogen (secondary N) is 1. The predicted octanol–water partition coefficient (Wildman–Crippen LogP) is 5.32. The molecule has 1 aliphatic heterocycles. The van der Waals surface area contributed by atoms with Crippen molar-refractivity contribution in [3.63, 3.8) is 0 Å². The molecule has 3 rings (SSSR count). The van der Waals surface area contributed by atoms with Gasteiger partial charge in [-0.05, 0) is 68.5 Å². The molecule has 0 spiro atoms. The molecule has 140 valence electrons. The summed E-state index contributed by atoms with van der Waals surface area (Å²) in [5, 5.41) is 0.536. The Balaban J connectivity index is 2.03. The molecule has 1 fully saturated rings. The minimum absolute atomic E-state index is 0.0917. The van der Waals surface area contributed by atoms with E-state index in [4.69, 9.17) is 23.2 Å². The third-order valence-corrected chi connectivity index (χ3v) is 6.88. The Hall–Kier alpha value is -1.43. The van der Waals surface area contributed by atoms with Crippen LogP contribution >= 0.6 is 23.2 Å². The van der Waals surface area contributed by atoms with Crippen LogP contribution in [0.4, 0.5) is 11.4 Å². The molecule has 0 bridgehead atoms. The number of rotatable bonds is 4. The maximum atomic E-state index is 12.9. The molecular weight excluding hydrogens is 391 g/mol. The van der Waals surface area contributed by atoms with E-state index in [2.05, 4.69) is 16.5 Å². The third kappa shape index (κ3) is 3.66. The first-order valence-corrected chi connectivity index (χ1v) is 10.8. The van der Waals surface area contributed by atoms with E-state index in [0.717, 1.165) is 42.7 Å². The van der Waals surface area contributed by atoms with Crippen molar-refractivity contribution in [3.8, 4) is 0 Å². The van der Waals surface area contributed by atoms with E-state index in [1.165, 1.54) is 23.8 Å². The summed E-state index contributed by atoms with van der Waals surface area (Å²) in [5.41, 5.74) is 4.77. The molecule has 26 heavy (non-hydrogen) atoms. The SMILES string of the molecule is Cc1cc(C)c(N2CCCC2)c(C)c1NS(=O)(=O)c1ccc(Cl)c(Cl)c1. The Morgan fingerprint density at radius 3 is 2.23 bits per heavy atom. The Kier molecular flexibility index (Phi) is 5.42. The Bertz CT molecular complexity index is 952. The van der Waals surface area contributed by atoms with Gasteiger partial charge >= 0.3 is 0 Å². The van der Waals surface area contributed by atoms with Crippen molar-refractivity contribution < 1.29 is 8.42 Å². The molecule has 0 radical (unpaired) electrons. The smallest absolute Gasteiger partial charge is 0.261 e. The largest absolute Gasteiger partial charge is 0.371 e. The lowest BCUT2D eigenvalue weighted by molar-refractivity contribution is 0.601. The summed E-state index contributed by atoms with van der Waals surface area (Å²) in [6, 6.07) is 6.35. The standard InChI is InChI=1S/C19H22Cl2N2O2S/c1-12-10-13(2)19(23-8-4-5-9-23)14(3)18(12)22-26(24,25)15-6-7-16(20)17(21)11-15/h6-7,10-11,22H,4-5,8-9H2,1-3H3. The van der Waals surface area contributed by atoms with Gasteiger partial charge in [-0.3, -0.25) is 4.72 Å². The number of halogens is 2. The highest BCUT2D eigenvalue weighted by Gasteiger charge is 2.23. The normalized spacial score (nSPS) is 14.7. The van der Waals surface area contributed by atoms with E-state index in [0.29, 0.717) is 10.7 Å². The van der Waals surface area contributed by atoms with Gasteiger partial charge in [0, 0.05) is 18.8 Å². The Morgan fingerprint density at radius 2 is 1.62 bits per heavy atom. The minimum atomic E-state index is -3.76. The van der Waals surface area contributed by atoms with E-state index in [-0.39, 0.29) is 9.92 Å². The average Bonchev–Trinajstić information content (AvgIpc) is 3.08. The molecule has 2 aromatic carbocycles. The molecule has 0 atom stereocenters. The van der Waals surface area contributed by atoms with Crippen molar-refractivity contribution in [1.82, 2.24) is 0 Å². The summed E-state index contributed by atoms with van der Waals surface area (Å²) < 4.78 is 28.5. The summed E-state index contributed by atoms with van der Waals surface area (Å²) >= 11 is 11.9. The average molecular weight is 413 g/mol. The number of hydrogen-bond acceptors (Lipinski definition) is 3. The van der Waals surface area contributed by atoms with Crippen LogP contribution in [0, 0.1) is 20.8 Å². The van der Waals surface area contributed by atoms with Crippen LogP contribution in [0.15, 0.2) is 29.2 Å². The van der Waals surface area contributed by atoms with E-state index >= 15 is 0 Å². The highest BCUT2D eigenvalue weighted by molar-refractivity contribution is 7.92. The van der Waals surface area contributed by atoms with Crippen LogP contribution in [-0.4, -0.2) is 21.5 Å². The molecule has 1 N–H and O–H groups in total. The monoisotopic (exact) mass is 412 g/mol. The topological polar surface area (TPSA) is 49.4 Å². The van der Waals surface area contributed by atoms with Gasteiger partial charge in [0.15, 0.2) is 0 Å². The summed E-state index contributed by atoms with van der Waals surface area (Å²) in [6.07, 6.45) is 2.33. The highest BCUT2D eigenvalue weighted by atomic mass is 35.5. The molecule has 1 saturated heterocycles. The third-order valence-electron chi connectivity index (χ3n) is 4.79. The second-order valence-corrected chi connectivity index (χ2v) is 9.23. The molecule has 1 heterocycles. The number of benzene rings is 2. The van der Waals surface area contributed by atoms with Crippen LogP contribution < -0.4 is 9.62 Å². The van der Waals surface area contributed by atoms with Crippen molar-refractivity contribution in [1.29, 1.82) is 0 Å². The zero-order chi connectivity index (χ0) is 19.1. The molecule has 0 aliphatic carbocycles. The van der Waals surface area contributed by atoms with Gasteiger partial charge < -0.3 is 4.90 Å². The van der Waals surface area contributed by atoms with Crippen LogP contribution in [0.5, 0.6) is 0 Å². The molecule has 0 aromatic heterocycles. The maximum Gasteiger partial charge on any atom is 0.261 e.